The third-order valence-electron chi connectivity index (χ3n) is 4.42. The molecule has 0 spiro atoms. The fourth-order valence-electron chi connectivity index (χ4n) is 3.20. The van der Waals surface area contributed by atoms with Gasteiger partial charge in [0.1, 0.15) is 0 Å². The summed E-state index contributed by atoms with van der Waals surface area (Å²) in [6.07, 6.45) is 11.2. The zero-order valence-corrected chi connectivity index (χ0v) is 10.5. The number of hydrogen-bond acceptors (Lipinski definition) is 1. The molecule has 2 unspecified atom stereocenters. The van der Waals surface area contributed by atoms with E-state index in [1.807, 2.05) is 0 Å². The van der Waals surface area contributed by atoms with Gasteiger partial charge in [0, 0.05) is 12.0 Å². The topological polar surface area (TPSA) is 29.1 Å². The first-order valence-corrected chi connectivity index (χ1v) is 7.08. The molecule has 0 aromatic rings. The fourth-order valence-corrected chi connectivity index (χ4v) is 3.20. The highest BCUT2D eigenvalue weighted by Crippen LogP contribution is 2.27. The molecule has 0 radical (unpaired) electrons. The largest absolute Gasteiger partial charge is 0.353 e. The molecule has 0 bridgehead atoms. The van der Waals surface area contributed by atoms with Crippen LogP contribution in [0.15, 0.2) is 0 Å². The Morgan fingerprint density at radius 2 is 1.56 bits per heavy atom. The fraction of sp³-hybridized carbons (Fsp3) is 0.929. The van der Waals surface area contributed by atoms with Crippen molar-refractivity contribution in [2.75, 3.05) is 0 Å². The van der Waals surface area contributed by atoms with E-state index in [2.05, 4.69) is 12.2 Å². The predicted octanol–water partition coefficient (Wildman–Crippen LogP) is 3.26. The van der Waals surface area contributed by atoms with Gasteiger partial charge in [-0.1, -0.05) is 39.0 Å². The number of nitrogens with one attached hydrogen (secondary N) is 1. The molecule has 0 saturated heterocycles. The summed E-state index contributed by atoms with van der Waals surface area (Å²) in [5.41, 5.74) is 0. The van der Waals surface area contributed by atoms with E-state index < -0.39 is 0 Å². The lowest BCUT2D eigenvalue weighted by Crippen LogP contribution is -2.44. The van der Waals surface area contributed by atoms with E-state index >= 15 is 0 Å². The smallest absolute Gasteiger partial charge is 0.223 e. The first-order chi connectivity index (χ1) is 7.77. The van der Waals surface area contributed by atoms with Gasteiger partial charge in [-0.05, 0) is 31.6 Å². The second-order valence-corrected chi connectivity index (χ2v) is 5.71. The maximum absolute atomic E-state index is 12.1. The van der Waals surface area contributed by atoms with Gasteiger partial charge in [0.2, 0.25) is 5.91 Å². The van der Waals surface area contributed by atoms with Crippen molar-refractivity contribution in [1.29, 1.82) is 0 Å². The van der Waals surface area contributed by atoms with Gasteiger partial charge in [0.25, 0.3) is 0 Å². The van der Waals surface area contributed by atoms with Crippen LogP contribution in [0.1, 0.15) is 64.7 Å². The minimum absolute atomic E-state index is 0.322. The van der Waals surface area contributed by atoms with E-state index in [1.54, 1.807) is 0 Å². The predicted molar refractivity (Wildman–Crippen MR) is 66.1 cm³/mol. The maximum atomic E-state index is 12.1. The number of carbonyl (C=O) groups is 1. The molecule has 2 rings (SSSR count). The summed E-state index contributed by atoms with van der Waals surface area (Å²) in [6.45, 7) is 2.28. The summed E-state index contributed by atoms with van der Waals surface area (Å²) in [6, 6.07) is 0.461. The number of carbonyl (C=O) groups excluding carboxylic acids is 1. The molecule has 2 heteroatoms. The van der Waals surface area contributed by atoms with Crippen LogP contribution >= 0.6 is 0 Å². The molecule has 1 amide bonds. The Bertz CT molecular complexity index is 233. The van der Waals surface area contributed by atoms with Crippen molar-refractivity contribution in [2.45, 2.75) is 70.8 Å². The van der Waals surface area contributed by atoms with Gasteiger partial charge in [-0.15, -0.1) is 0 Å². The molecule has 2 aliphatic carbocycles. The van der Waals surface area contributed by atoms with Crippen molar-refractivity contribution in [3.63, 3.8) is 0 Å². The molecule has 0 aromatic heterocycles. The molecule has 0 aliphatic heterocycles. The third-order valence-corrected chi connectivity index (χ3v) is 4.42. The molecule has 92 valence electrons. The lowest BCUT2D eigenvalue weighted by atomic mass is 9.84. The summed E-state index contributed by atoms with van der Waals surface area (Å²) >= 11 is 0. The Labute approximate surface area is 99.2 Å². The van der Waals surface area contributed by atoms with Gasteiger partial charge in [0.05, 0.1) is 0 Å². The SMILES string of the molecule is CC1CCCCC1NC(=O)C1CCCCC1. The molecule has 0 aromatic carbocycles. The standard InChI is InChI=1S/C14H25NO/c1-11-7-5-6-10-13(11)15-14(16)12-8-3-2-4-9-12/h11-13H,2-10H2,1H3,(H,15,16). The maximum Gasteiger partial charge on any atom is 0.223 e. The Balaban J connectivity index is 1.80. The monoisotopic (exact) mass is 223 g/mol. The van der Waals surface area contributed by atoms with Crippen molar-refractivity contribution in [2.24, 2.45) is 11.8 Å². The quantitative estimate of drug-likeness (QED) is 0.765. The molecule has 2 atom stereocenters. The van der Waals surface area contributed by atoms with Crippen LogP contribution in [-0.4, -0.2) is 11.9 Å². The van der Waals surface area contributed by atoms with Crippen LogP contribution in [-0.2, 0) is 4.79 Å². The lowest BCUT2D eigenvalue weighted by Gasteiger charge is -2.31. The highest BCUT2D eigenvalue weighted by atomic mass is 16.1. The summed E-state index contributed by atoms with van der Waals surface area (Å²) in [5, 5.41) is 3.30. The summed E-state index contributed by atoms with van der Waals surface area (Å²) in [7, 11) is 0. The first-order valence-electron chi connectivity index (χ1n) is 7.08. The highest BCUT2D eigenvalue weighted by molar-refractivity contribution is 5.79. The second kappa shape index (κ2) is 5.70. The molecular weight excluding hydrogens is 198 g/mol. The normalized spacial score (nSPS) is 32.3. The lowest BCUT2D eigenvalue weighted by molar-refractivity contribution is -0.127. The summed E-state index contributed by atoms with van der Waals surface area (Å²) in [5.74, 6) is 1.35. The van der Waals surface area contributed by atoms with Crippen molar-refractivity contribution < 1.29 is 4.79 Å². The third kappa shape index (κ3) is 2.99. The van der Waals surface area contributed by atoms with Gasteiger partial charge in [-0.25, -0.2) is 0 Å². The van der Waals surface area contributed by atoms with Gasteiger partial charge in [-0.3, -0.25) is 4.79 Å². The van der Waals surface area contributed by atoms with E-state index in [0.29, 0.717) is 23.8 Å². The Hall–Kier alpha value is -0.530. The minimum atomic E-state index is 0.322. The number of rotatable bonds is 2. The van der Waals surface area contributed by atoms with Gasteiger partial charge >= 0.3 is 0 Å². The van der Waals surface area contributed by atoms with E-state index in [0.717, 1.165) is 12.8 Å². The van der Waals surface area contributed by atoms with E-state index in [4.69, 9.17) is 0 Å². The minimum Gasteiger partial charge on any atom is -0.353 e. The number of hydrogen-bond donors (Lipinski definition) is 1. The summed E-state index contributed by atoms with van der Waals surface area (Å²) < 4.78 is 0. The van der Waals surface area contributed by atoms with Crippen LogP contribution in [0.5, 0.6) is 0 Å². The molecule has 2 saturated carbocycles. The van der Waals surface area contributed by atoms with Gasteiger partial charge in [0.15, 0.2) is 0 Å². The van der Waals surface area contributed by atoms with E-state index in [-0.39, 0.29) is 0 Å². The Morgan fingerprint density at radius 1 is 0.938 bits per heavy atom. The Kier molecular flexibility index (Phi) is 4.25. The zero-order chi connectivity index (χ0) is 11.4. The average Bonchev–Trinajstić information content (AvgIpc) is 2.33. The Morgan fingerprint density at radius 3 is 2.25 bits per heavy atom. The van der Waals surface area contributed by atoms with Crippen LogP contribution in [0, 0.1) is 11.8 Å². The van der Waals surface area contributed by atoms with Crippen LogP contribution < -0.4 is 5.32 Å². The van der Waals surface area contributed by atoms with Crippen molar-refractivity contribution in [1.82, 2.24) is 5.32 Å². The molecule has 2 aliphatic rings. The van der Waals surface area contributed by atoms with Crippen LogP contribution in [0.2, 0.25) is 0 Å². The van der Waals surface area contributed by atoms with Crippen molar-refractivity contribution >= 4 is 5.91 Å². The second-order valence-electron chi connectivity index (χ2n) is 5.71. The highest BCUT2D eigenvalue weighted by Gasteiger charge is 2.27. The molecule has 16 heavy (non-hydrogen) atoms. The van der Waals surface area contributed by atoms with Crippen LogP contribution in [0.3, 0.4) is 0 Å². The van der Waals surface area contributed by atoms with Crippen LogP contribution in [0.25, 0.3) is 0 Å². The van der Waals surface area contributed by atoms with Crippen molar-refractivity contribution in [3.8, 4) is 0 Å². The zero-order valence-electron chi connectivity index (χ0n) is 10.5. The van der Waals surface area contributed by atoms with E-state index in [9.17, 15) is 4.79 Å². The molecular formula is C14H25NO. The summed E-state index contributed by atoms with van der Waals surface area (Å²) in [4.78, 5) is 12.1. The van der Waals surface area contributed by atoms with Crippen LogP contribution in [0.4, 0.5) is 0 Å². The van der Waals surface area contributed by atoms with Gasteiger partial charge in [-0.2, -0.15) is 0 Å². The number of amides is 1. The van der Waals surface area contributed by atoms with Gasteiger partial charge < -0.3 is 5.32 Å². The average molecular weight is 223 g/mol. The molecule has 1 N–H and O–H groups in total. The van der Waals surface area contributed by atoms with Crippen molar-refractivity contribution in [3.05, 3.63) is 0 Å². The molecule has 2 nitrogen and oxygen atoms in total. The molecule has 0 heterocycles. The van der Waals surface area contributed by atoms with E-state index in [1.165, 1.54) is 44.9 Å². The molecule has 2 fully saturated rings. The first kappa shape index (κ1) is 11.9.